The summed E-state index contributed by atoms with van der Waals surface area (Å²) in [5.74, 6) is -2.24. The summed E-state index contributed by atoms with van der Waals surface area (Å²) in [4.78, 5) is 11.5. The van der Waals surface area contributed by atoms with E-state index in [0.29, 0.717) is 0 Å². The molecule has 2 N–H and O–H groups in total. The van der Waals surface area contributed by atoms with Gasteiger partial charge in [-0.15, -0.1) is 5.10 Å². The molecule has 0 atom stereocenters. The summed E-state index contributed by atoms with van der Waals surface area (Å²) in [6.45, 7) is 1.84. The van der Waals surface area contributed by atoms with E-state index in [-0.39, 0.29) is 23.7 Å². The van der Waals surface area contributed by atoms with Crippen LogP contribution in [-0.2, 0) is 4.74 Å². The first-order chi connectivity index (χ1) is 9.02. The number of benzene rings is 1. The molecule has 1 aromatic heterocycles. The summed E-state index contributed by atoms with van der Waals surface area (Å²) < 4.78 is 32.2. The summed E-state index contributed by atoms with van der Waals surface area (Å²) in [6.07, 6.45) is 1.24. The van der Waals surface area contributed by atoms with Gasteiger partial charge in [0.1, 0.15) is 17.1 Å². The molecule has 0 radical (unpaired) electrons. The number of hydrogen-bond donors (Lipinski definition) is 1. The molecule has 0 bridgehead atoms. The Kier molecular flexibility index (Phi) is 3.46. The first kappa shape index (κ1) is 13.0. The number of rotatable bonds is 3. The molecule has 2 rings (SSSR count). The maximum Gasteiger partial charge on any atom is 0.343 e. The van der Waals surface area contributed by atoms with Crippen molar-refractivity contribution in [1.82, 2.24) is 9.78 Å². The number of nitrogen functional groups attached to an aromatic ring is 1. The van der Waals surface area contributed by atoms with E-state index in [0.717, 1.165) is 16.8 Å². The second-order valence-corrected chi connectivity index (χ2v) is 3.69. The minimum Gasteiger partial charge on any atom is -0.462 e. The average Bonchev–Trinajstić information content (AvgIpc) is 2.71. The fraction of sp³-hybridized carbons (Fsp3) is 0.167. The molecule has 0 fully saturated rings. The molecule has 0 amide bonds. The zero-order chi connectivity index (χ0) is 14.0. The monoisotopic (exact) mass is 267 g/mol. The lowest BCUT2D eigenvalue weighted by Crippen LogP contribution is -2.06. The second kappa shape index (κ2) is 5.05. The molecule has 0 aliphatic carbocycles. The van der Waals surface area contributed by atoms with Crippen molar-refractivity contribution in [3.05, 3.63) is 41.6 Å². The second-order valence-electron chi connectivity index (χ2n) is 3.69. The van der Waals surface area contributed by atoms with Crippen LogP contribution in [0.4, 0.5) is 14.6 Å². The molecule has 0 spiro atoms. The van der Waals surface area contributed by atoms with Gasteiger partial charge in [0.2, 0.25) is 0 Å². The first-order valence-electron chi connectivity index (χ1n) is 5.50. The minimum atomic E-state index is -0.807. The molecule has 1 heterocycles. The van der Waals surface area contributed by atoms with E-state index in [9.17, 15) is 13.6 Å². The number of anilines is 1. The Morgan fingerprint density at radius 2 is 2.21 bits per heavy atom. The number of aromatic nitrogens is 2. The van der Waals surface area contributed by atoms with E-state index in [1.807, 2.05) is 0 Å². The smallest absolute Gasteiger partial charge is 0.343 e. The van der Waals surface area contributed by atoms with Crippen molar-refractivity contribution < 1.29 is 18.3 Å². The molecule has 0 saturated heterocycles. The predicted molar refractivity (Wildman–Crippen MR) is 63.8 cm³/mol. The van der Waals surface area contributed by atoms with Gasteiger partial charge in [-0.25, -0.2) is 18.3 Å². The van der Waals surface area contributed by atoms with Crippen LogP contribution in [0.5, 0.6) is 0 Å². The van der Waals surface area contributed by atoms with Gasteiger partial charge in [-0.3, -0.25) is 0 Å². The number of carbonyl (C=O) groups is 1. The van der Waals surface area contributed by atoms with Crippen molar-refractivity contribution in [1.29, 1.82) is 0 Å². The highest BCUT2D eigenvalue weighted by Gasteiger charge is 2.17. The fourth-order valence-electron chi connectivity index (χ4n) is 1.54. The highest BCUT2D eigenvalue weighted by Crippen LogP contribution is 2.18. The molecule has 0 unspecified atom stereocenters. The van der Waals surface area contributed by atoms with Crippen LogP contribution in [0.15, 0.2) is 24.4 Å². The number of esters is 1. The molecule has 5 nitrogen and oxygen atoms in total. The van der Waals surface area contributed by atoms with Gasteiger partial charge in [0, 0.05) is 12.3 Å². The molecular weight excluding hydrogens is 256 g/mol. The Hall–Kier alpha value is -2.44. The quantitative estimate of drug-likeness (QED) is 0.862. The molecule has 1 aromatic carbocycles. The standard InChI is InChI=1S/C12H11F2N3O2/c1-2-19-12(18)8-6-17(16-11(8)15)10-4-3-7(13)5-9(10)14/h3-6H,2H2,1H3,(H2,15,16). The topological polar surface area (TPSA) is 70.1 Å². The number of ether oxygens (including phenoxy) is 1. The van der Waals surface area contributed by atoms with Gasteiger partial charge < -0.3 is 10.5 Å². The lowest BCUT2D eigenvalue weighted by molar-refractivity contribution is 0.0527. The van der Waals surface area contributed by atoms with Crippen LogP contribution in [-0.4, -0.2) is 22.4 Å². The fourth-order valence-corrected chi connectivity index (χ4v) is 1.54. The SMILES string of the molecule is CCOC(=O)c1cn(-c2ccc(F)cc2F)nc1N. The average molecular weight is 267 g/mol. The van der Waals surface area contributed by atoms with Crippen LogP contribution in [0.25, 0.3) is 5.69 Å². The van der Waals surface area contributed by atoms with Gasteiger partial charge in [0.15, 0.2) is 11.6 Å². The summed E-state index contributed by atoms with van der Waals surface area (Å²) in [5, 5.41) is 3.81. The van der Waals surface area contributed by atoms with Gasteiger partial charge in [-0.05, 0) is 19.1 Å². The normalized spacial score (nSPS) is 10.5. The molecule has 0 saturated carbocycles. The van der Waals surface area contributed by atoms with E-state index < -0.39 is 17.6 Å². The van der Waals surface area contributed by atoms with Crippen molar-refractivity contribution in [2.24, 2.45) is 0 Å². The minimum absolute atomic E-state index is 0.0105. The number of carbonyl (C=O) groups excluding carboxylic acids is 1. The molecule has 0 aliphatic rings. The van der Waals surface area contributed by atoms with E-state index in [2.05, 4.69) is 5.10 Å². The van der Waals surface area contributed by atoms with E-state index in [1.54, 1.807) is 6.92 Å². The van der Waals surface area contributed by atoms with Gasteiger partial charge in [-0.2, -0.15) is 0 Å². The van der Waals surface area contributed by atoms with Crippen LogP contribution in [0, 0.1) is 11.6 Å². The van der Waals surface area contributed by atoms with E-state index in [1.165, 1.54) is 12.3 Å². The maximum atomic E-state index is 13.6. The molecule has 2 aromatic rings. The van der Waals surface area contributed by atoms with Crippen molar-refractivity contribution in [3.8, 4) is 5.69 Å². The third-order valence-electron chi connectivity index (χ3n) is 2.39. The maximum absolute atomic E-state index is 13.6. The Morgan fingerprint density at radius 1 is 1.47 bits per heavy atom. The van der Waals surface area contributed by atoms with Crippen LogP contribution in [0.2, 0.25) is 0 Å². The Bertz CT molecular complexity index is 625. The molecular formula is C12H11F2N3O2. The Morgan fingerprint density at radius 3 is 2.84 bits per heavy atom. The Balaban J connectivity index is 2.42. The summed E-state index contributed by atoms with van der Waals surface area (Å²) >= 11 is 0. The Labute approximate surface area is 107 Å². The largest absolute Gasteiger partial charge is 0.462 e. The predicted octanol–water partition coefficient (Wildman–Crippen LogP) is 1.91. The molecule has 7 heteroatoms. The number of nitrogens with zero attached hydrogens (tertiary/aromatic N) is 2. The van der Waals surface area contributed by atoms with Gasteiger partial charge in [0.25, 0.3) is 0 Å². The van der Waals surface area contributed by atoms with Crippen molar-refractivity contribution in [3.63, 3.8) is 0 Å². The van der Waals surface area contributed by atoms with Crippen LogP contribution in [0.3, 0.4) is 0 Å². The van der Waals surface area contributed by atoms with Crippen molar-refractivity contribution in [2.45, 2.75) is 6.92 Å². The van der Waals surface area contributed by atoms with Gasteiger partial charge in [0.05, 0.1) is 6.61 Å². The third kappa shape index (κ3) is 2.54. The van der Waals surface area contributed by atoms with Crippen LogP contribution >= 0.6 is 0 Å². The van der Waals surface area contributed by atoms with Crippen molar-refractivity contribution >= 4 is 11.8 Å². The van der Waals surface area contributed by atoms with Gasteiger partial charge >= 0.3 is 5.97 Å². The highest BCUT2D eigenvalue weighted by atomic mass is 19.1. The van der Waals surface area contributed by atoms with E-state index in [4.69, 9.17) is 10.5 Å². The molecule has 0 aliphatic heterocycles. The zero-order valence-corrected chi connectivity index (χ0v) is 10.1. The van der Waals surface area contributed by atoms with Crippen LogP contribution < -0.4 is 5.73 Å². The summed E-state index contributed by atoms with van der Waals surface area (Å²) in [7, 11) is 0. The molecule has 19 heavy (non-hydrogen) atoms. The third-order valence-corrected chi connectivity index (χ3v) is 2.39. The highest BCUT2D eigenvalue weighted by molar-refractivity contribution is 5.94. The number of nitrogens with two attached hydrogens (primary N) is 1. The van der Waals surface area contributed by atoms with E-state index >= 15 is 0 Å². The van der Waals surface area contributed by atoms with Crippen molar-refractivity contribution in [2.75, 3.05) is 12.3 Å². The lowest BCUT2D eigenvalue weighted by Gasteiger charge is -2.02. The first-order valence-corrected chi connectivity index (χ1v) is 5.50. The lowest BCUT2D eigenvalue weighted by atomic mass is 10.3. The summed E-state index contributed by atoms with van der Waals surface area (Å²) in [6, 6.07) is 3.00. The number of hydrogen-bond acceptors (Lipinski definition) is 4. The zero-order valence-electron chi connectivity index (χ0n) is 10.1. The summed E-state index contributed by atoms with van der Waals surface area (Å²) in [5.41, 5.74) is 5.58. The van der Waals surface area contributed by atoms with Crippen LogP contribution in [0.1, 0.15) is 17.3 Å². The molecule has 100 valence electrons. The van der Waals surface area contributed by atoms with Gasteiger partial charge in [-0.1, -0.05) is 0 Å². The number of halogens is 2.